The van der Waals surface area contributed by atoms with E-state index in [2.05, 4.69) is 46.2 Å². The number of unbranched alkanes of at least 4 members (excludes halogenated alkanes) is 1. The first-order valence-corrected chi connectivity index (χ1v) is 31.4. The number of nitrogens with zero attached hydrogens (tertiary/aromatic N) is 4. The van der Waals surface area contributed by atoms with Gasteiger partial charge in [-0.25, -0.2) is 0 Å². The molecular weight excluding hydrogens is 1310 g/mol. The molecular formula is C61H73N10NaO22S2. The van der Waals surface area contributed by atoms with Crippen molar-refractivity contribution in [2.24, 2.45) is 11.7 Å². The minimum atomic E-state index is -2.54. The van der Waals surface area contributed by atoms with Crippen LogP contribution in [0.5, 0.6) is 17.2 Å². The fraction of sp³-hybridized carbons (Fsp3) is 0.443. The van der Waals surface area contributed by atoms with Gasteiger partial charge in [0.15, 0.2) is 11.5 Å². The van der Waals surface area contributed by atoms with Crippen LogP contribution in [0.25, 0.3) is 32.3 Å². The number of fused-ring (bicyclic) bond motifs is 2. The molecule has 14 unspecified atom stereocenters. The Morgan fingerprint density at radius 3 is 1.97 bits per heavy atom. The normalized spacial score (nSPS) is 24.3. The standard InChI is InChI=1S/C61H74N10O22S2.Na/c1-29-27-71-49(50(29)78)57(85)63-26-37(73)23-40(64-53(81)33-8-12-35(13-9-33)59-69-68-58(94-59)34-10-6-31(7-11-34)32-14-17-39(18-15-32)90-21-5-4-20-89-3)54(82)65-46(30(2)72)60(86)70-28-38(74)24-41(70)55(83)67-48(56(84)66-47(61(71)87)43(76)25-45(62)77)52(80)51(79)36-16-19-42(75)44(22-36)91-95-93-92-88;/h6-19,22,29-30,37-38,40-41,43,46-52,72-76,78-80,88H,4-5,20-21,23-28H2,1-3H3,(H2,62,77)(H,63,85)(H,64,81)(H,65,82)(H,66,84)(H,67,83);/q;+1/p-1. The molecule has 0 radical (unpaired) electrons. The van der Waals surface area contributed by atoms with Crippen LogP contribution in [0.4, 0.5) is 0 Å². The Morgan fingerprint density at radius 1 is 0.750 bits per heavy atom. The number of amides is 8. The van der Waals surface area contributed by atoms with E-state index in [0.29, 0.717) is 28.8 Å². The molecule has 4 aromatic carbocycles. The van der Waals surface area contributed by atoms with Gasteiger partial charge in [-0.3, -0.25) is 43.4 Å². The molecule has 8 amide bonds. The van der Waals surface area contributed by atoms with Gasteiger partial charge in [-0.15, -0.1) is 14.5 Å². The molecule has 512 valence electrons. The molecule has 3 saturated heterocycles. The van der Waals surface area contributed by atoms with Crippen molar-refractivity contribution in [1.82, 2.24) is 46.6 Å². The van der Waals surface area contributed by atoms with Gasteiger partial charge in [0, 0.05) is 68.8 Å². The number of primary amides is 1. The molecule has 8 rings (SSSR count). The summed E-state index contributed by atoms with van der Waals surface area (Å²) in [5.41, 5.74) is 8.30. The smallest absolute Gasteiger partial charge is 0.691 e. The zero-order chi connectivity index (χ0) is 68.8. The number of nitrogens with two attached hydrogens (primary N) is 1. The van der Waals surface area contributed by atoms with Crippen LogP contribution in [0.3, 0.4) is 0 Å². The Hall–Kier alpha value is -7.49. The van der Waals surface area contributed by atoms with Gasteiger partial charge < -0.3 is 102 Å². The number of aliphatic hydroxyl groups is 7. The second kappa shape index (κ2) is 35.1. The number of carbonyl (C=O) groups excluding carboxylic acids is 8. The second-order valence-electron chi connectivity index (χ2n) is 23.0. The van der Waals surface area contributed by atoms with Crippen molar-refractivity contribution in [3.63, 3.8) is 0 Å². The summed E-state index contributed by atoms with van der Waals surface area (Å²) in [5, 5.41) is 125. The summed E-state index contributed by atoms with van der Waals surface area (Å²) >= 11 is 1.19. The topological polar surface area (TPSA) is 486 Å². The quantitative estimate of drug-likeness (QED) is 0.0101. The van der Waals surface area contributed by atoms with Gasteiger partial charge in [-0.2, -0.15) is 0 Å². The molecule has 0 bridgehead atoms. The summed E-state index contributed by atoms with van der Waals surface area (Å²) in [5.74, 6) is -11.3. The summed E-state index contributed by atoms with van der Waals surface area (Å²) in [7, 11) is 1.66. The van der Waals surface area contributed by atoms with Crippen LogP contribution in [0.2, 0.25) is 0 Å². The molecule has 0 spiro atoms. The van der Waals surface area contributed by atoms with E-state index in [9.17, 15) is 84.5 Å². The average Bonchev–Trinajstić information content (AvgIpc) is 1.60. The van der Waals surface area contributed by atoms with Crippen molar-refractivity contribution in [2.45, 2.75) is 125 Å². The Morgan fingerprint density at radius 2 is 1.34 bits per heavy atom. The van der Waals surface area contributed by atoms with Gasteiger partial charge in [-0.1, -0.05) is 72.9 Å². The second-order valence-corrected chi connectivity index (χ2v) is 24.4. The Kier molecular flexibility index (Phi) is 27.8. The number of carbonyl (C=O) groups is 8. The number of aromatic nitrogens is 2. The number of ether oxygens (including phenoxy) is 2. The van der Waals surface area contributed by atoms with Crippen molar-refractivity contribution >= 4 is 70.9 Å². The largest absolute Gasteiger partial charge is 1.00 e. The predicted molar refractivity (Wildman–Crippen MR) is 331 cm³/mol. The van der Waals surface area contributed by atoms with Gasteiger partial charge >= 0.3 is 29.6 Å². The summed E-state index contributed by atoms with van der Waals surface area (Å²) in [6.45, 7) is 1.91. The van der Waals surface area contributed by atoms with Crippen molar-refractivity contribution in [3.8, 4) is 49.5 Å². The maximum absolute atomic E-state index is 14.7. The fourth-order valence-corrected chi connectivity index (χ4v) is 12.1. The molecule has 1 aromatic heterocycles. The zero-order valence-electron chi connectivity index (χ0n) is 52.3. The number of phenols is 1. The number of β-amino-alcohol motifs (C(OH)–C–C–N with tert-alkyl or cyclic N) is 1. The number of hydrogen-bond acceptors (Lipinski definition) is 26. The third kappa shape index (κ3) is 19.2. The van der Waals surface area contributed by atoms with Crippen molar-refractivity contribution in [1.29, 1.82) is 0 Å². The number of hydrogen-bond donors (Lipinski definition) is 14. The predicted octanol–water partition coefficient (Wildman–Crippen LogP) is -5.47. The average molecular weight is 1390 g/mol. The van der Waals surface area contributed by atoms with Crippen molar-refractivity contribution in [2.75, 3.05) is 40.0 Å². The van der Waals surface area contributed by atoms with E-state index in [1.165, 1.54) is 30.4 Å². The number of aliphatic hydroxyl groups excluding tert-OH is 7. The molecule has 3 aliphatic heterocycles. The number of nitrogens with one attached hydrogen (secondary N) is 5. The Balaban J connectivity index is 0.0000130. The van der Waals surface area contributed by atoms with E-state index < -0.39 is 183 Å². The maximum Gasteiger partial charge on any atom is 1.00 e. The number of benzene rings is 4. The van der Waals surface area contributed by atoms with Crippen LogP contribution in [-0.4, -0.2) is 221 Å². The molecule has 5 aromatic rings. The van der Waals surface area contributed by atoms with E-state index in [0.717, 1.165) is 70.2 Å². The van der Waals surface area contributed by atoms with E-state index in [1.54, 1.807) is 19.2 Å². The fourth-order valence-electron chi connectivity index (χ4n) is 11.0. The first kappa shape index (κ1) is 75.9. The molecule has 32 nitrogen and oxygen atoms in total. The third-order valence-electron chi connectivity index (χ3n) is 16.1. The number of methoxy groups -OCH3 is 1. The summed E-state index contributed by atoms with van der Waals surface area (Å²) in [4.78, 5) is 115. The zero-order valence-corrected chi connectivity index (χ0v) is 55.9. The molecule has 35 heteroatoms. The van der Waals surface area contributed by atoms with Crippen LogP contribution >= 0.6 is 23.7 Å². The van der Waals surface area contributed by atoms with Gasteiger partial charge in [-0.05, 0) is 72.9 Å². The molecule has 0 saturated carbocycles. The van der Waals surface area contributed by atoms with Gasteiger partial charge in [0.05, 0.1) is 43.5 Å². The SMILES string of the molecule is COCCCCOc1ccc(-c2ccc(-c3nnc(-c4ccc(C(=O)NC5CC(O)CNC(=O)C6C(O)C(C)CN6C(=O)C(C(O)CC(N)=O)NC(=O)C(C(O)C(O)c6ccc(O)c(OSOO[O-])c6)NC(=O)C6CC(O)CN6C(=O)C(C(C)O)NC5=O)cc4)s3)cc2)cc1.[Na+]. The number of phenolic OH excluding ortho intramolecular Hbond substituents is 1. The van der Waals surface area contributed by atoms with E-state index in [1.807, 2.05) is 48.5 Å². The van der Waals surface area contributed by atoms with Crippen LogP contribution in [-0.2, 0) is 47.7 Å². The number of aromatic hydroxyl groups is 1. The monoisotopic (exact) mass is 1380 g/mol. The van der Waals surface area contributed by atoms with Gasteiger partial charge in [0.1, 0.15) is 64.2 Å². The first-order chi connectivity index (χ1) is 45.4. The van der Waals surface area contributed by atoms with E-state index >= 15 is 0 Å². The van der Waals surface area contributed by atoms with Crippen LogP contribution < -0.4 is 76.1 Å². The van der Waals surface area contributed by atoms with E-state index in [4.69, 9.17) is 19.4 Å². The molecule has 3 fully saturated rings. The van der Waals surface area contributed by atoms with Gasteiger partial charge in [0.2, 0.25) is 41.4 Å². The summed E-state index contributed by atoms with van der Waals surface area (Å²) < 4.78 is 20.0. The summed E-state index contributed by atoms with van der Waals surface area (Å²) in [6.07, 6.45) is -14.5. The number of rotatable bonds is 22. The van der Waals surface area contributed by atoms with Crippen molar-refractivity contribution < 1.29 is 137 Å². The molecule has 14 atom stereocenters. The van der Waals surface area contributed by atoms with Crippen LogP contribution in [0.1, 0.15) is 68.0 Å². The Bertz CT molecular complexity index is 3510. The van der Waals surface area contributed by atoms with Crippen LogP contribution in [0.15, 0.2) is 91.0 Å². The minimum absolute atomic E-state index is 0. The van der Waals surface area contributed by atoms with E-state index in [-0.39, 0.29) is 53.0 Å². The first-order valence-electron chi connectivity index (χ1n) is 29.9. The molecule has 15 N–H and O–H groups in total. The van der Waals surface area contributed by atoms with Gasteiger partial charge in [0.25, 0.3) is 18.2 Å². The van der Waals surface area contributed by atoms with Crippen molar-refractivity contribution in [3.05, 3.63) is 102 Å². The molecule has 3 aliphatic rings. The third-order valence-corrected chi connectivity index (χ3v) is 17.5. The molecule has 0 aliphatic carbocycles. The minimum Gasteiger partial charge on any atom is -0.691 e. The molecule has 96 heavy (non-hydrogen) atoms. The maximum atomic E-state index is 14.7. The summed E-state index contributed by atoms with van der Waals surface area (Å²) in [6, 6.07) is 12.0. The molecule has 4 heterocycles. The Labute approximate surface area is 579 Å². The van der Waals surface area contributed by atoms with Crippen LogP contribution in [0, 0.1) is 5.92 Å².